The number of likely N-dealkylation sites (tertiary alicyclic amines) is 2. The molecule has 2 saturated heterocycles. The highest BCUT2D eigenvalue weighted by Crippen LogP contribution is 2.37. The third-order valence-corrected chi connectivity index (χ3v) is 11.5. The van der Waals surface area contributed by atoms with E-state index in [1.807, 2.05) is 59.0 Å². The van der Waals surface area contributed by atoms with Gasteiger partial charge in [-0.15, -0.1) is 0 Å². The maximum atomic E-state index is 12.6. The Bertz CT molecular complexity index is 2920. The molecule has 2 aliphatic heterocycles. The van der Waals surface area contributed by atoms with Gasteiger partial charge >= 0.3 is 0 Å². The van der Waals surface area contributed by atoms with Crippen LogP contribution in [-0.4, -0.2) is 82.2 Å². The monoisotopic (exact) mass is 884 g/mol. The number of anilines is 3. The topological polar surface area (TPSA) is 235 Å². The second kappa shape index (κ2) is 19.4. The molecule has 334 valence electrons. The van der Waals surface area contributed by atoms with E-state index in [0.717, 1.165) is 42.8 Å². The number of amides is 4. The molecule has 0 saturated carbocycles. The molecule has 17 nitrogen and oxygen atoms in total. The molecule has 3 aromatic carbocycles. The molecule has 0 radical (unpaired) electrons. The normalized spacial score (nSPS) is 15.6. The van der Waals surface area contributed by atoms with Gasteiger partial charge in [-0.25, -0.2) is 19.6 Å². The minimum absolute atomic E-state index is 0.119. The summed E-state index contributed by atoms with van der Waals surface area (Å²) in [7, 11) is 0. The van der Waals surface area contributed by atoms with Crippen molar-refractivity contribution in [2.75, 3.05) is 36.4 Å². The van der Waals surface area contributed by atoms with Crippen LogP contribution in [0.25, 0.3) is 28.0 Å². The first-order chi connectivity index (χ1) is 32.0. The van der Waals surface area contributed by atoms with Crippen molar-refractivity contribution < 1.29 is 23.9 Å². The Hall–Kier alpha value is -8.60. The number of benzene rings is 3. The molecule has 7 N–H and O–H groups in total. The lowest BCUT2D eigenvalue weighted by molar-refractivity contribution is -0.128. The summed E-state index contributed by atoms with van der Waals surface area (Å²) in [6.45, 7) is 8.93. The van der Waals surface area contributed by atoms with Gasteiger partial charge in [0.15, 0.2) is 0 Å². The van der Waals surface area contributed by atoms with E-state index >= 15 is 0 Å². The molecule has 0 aliphatic carbocycles. The Labute approximate surface area is 380 Å². The fourth-order valence-corrected chi connectivity index (χ4v) is 8.30. The molecular weight excluding hydrogens is 837 g/mol. The summed E-state index contributed by atoms with van der Waals surface area (Å²) in [5, 5.41) is 7.42. The van der Waals surface area contributed by atoms with Crippen LogP contribution in [0.15, 0.2) is 141 Å². The number of rotatable bonds is 11. The predicted octanol–water partition coefficient (Wildman–Crippen LogP) is 6.85. The number of fused-ring (bicyclic) bond motifs is 1. The molecule has 0 spiro atoms. The lowest BCUT2D eigenvalue weighted by Gasteiger charge is -2.32. The lowest BCUT2D eigenvalue weighted by Crippen LogP contribution is -2.40. The van der Waals surface area contributed by atoms with Crippen molar-refractivity contribution in [1.29, 1.82) is 0 Å². The maximum Gasteiger partial charge on any atom is 0.256 e. The number of carbonyl (C=O) groups is 4. The van der Waals surface area contributed by atoms with Crippen LogP contribution in [0.5, 0.6) is 11.5 Å². The number of primary amides is 1. The van der Waals surface area contributed by atoms with Gasteiger partial charge in [0.05, 0.1) is 12.1 Å². The number of para-hydroxylation sites is 1. The summed E-state index contributed by atoms with van der Waals surface area (Å²) in [5.41, 5.74) is 22.1. The molecule has 0 bridgehead atoms. The number of nitrogens with two attached hydrogens (primary N) is 3. The number of ether oxygens (including phenoxy) is 1. The van der Waals surface area contributed by atoms with Crippen LogP contribution < -0.4 is 27.3 Å². The summed E-state index contributed by atoms with van der Waals surface area (Å²) in [4.78, 5) is 66.0. The van der Waals surface area contributed by atoms with Crippen molar-refractivity contribution in [3.05, 3.63) is 158 Å². The zero-order chi connectivity index (χ0) is 46.3. The molecule has 4 aromatic heterocycles. The van der Waals surface area contributed by atoms with Crippen LogP contribution in [0.2, 0.25) is 0 Å². The number of hydrogen-bond donors (Lipinski definition) is 4. The molecule has 66 heavy (non-hydrogen) atoms. The van der Waals surface area contributed by atoms with Gasteiger partial charge in [0.2, 0.25) is 11.8 Å². The predicted molar refractivity (Wildman–Crippen MR) is 251 cm³/mol. The quantitative estimate of drug-likeness (QED) is 0.0981. The van der Waals surface area contributed by atoms with Crippen LogP contribution >= 0.6 is 0 Å². The lowest BCUT2D eigenvalue weighted by atomic mass is 10.1. The number of aromatic nitrogens is 6. The van der Waals surface area contributed by atoms with Crippen molar-refractivity contribution in [3.8, 4) is 34.0 Å². The minimum atomic E-state index is -0.650. The van der Waals surface area contributed by atoms with Crippen LogP contribution in [0, 0.1) is 0 Å². The Kier molecular flexibility index (Phi) is 13.0. The summed E-state index contributed by atoms with van der Waals surface area (Å²) < 4.78 is 9.35. The minimum Gasteiger partial charge on any atom is -0.457 e. The maximum absolute atomic E-state index is 12.6. The first-order valence-corrected chi connectivity index (χ1v) is 21.3. The number of piperidine rings is 1. The van der Waals surface area contributed by atoms with Gasteiger partial charge in [-0.05, 0) is 98.5 Å². The number of pyridine rings is 1. The zero-order valence-corrected chi connectivity index (χ0v) is 36.0. The fraction of sp³-hybridized carbons (Fsp3) is 0.184. The van der Waals surface area contributed by atoms with Crippen molar-refractivity contribution in [3.63, 3.8) is 0 Å². The van der Waals surface area contributed by atoms with E-state index in [1.54, 1.807) is 75.5 Å². The molecule has 9 rings (SSSR count). The van der Waals surface area contributed by atoms with Crippen LogP contribution in [-0.2, 0) is 9.59 Å². The van der Waals surface area contributed by atoms with Gasteiger partial charge in [-0.1, -0.05) is 49.6 Å². The van der Waals surface area contributed by atoms with E-state index in [-0.39, 0.29) is 41.2 Å². The van der Waals surface area contributed by atoms with Gasteiger partial charge < -0.3 is 37.1 Å². The van der Waals surface area contributed by atoms with Crippen LogP contribution in [0.3, 0.4) is 0 Å². The van der Waals surface area contributed by atoms with E-state index in [0.29, 0.717) is 65.1 Å². The Balaban J connectivity index is 0.000000180. The highest BCUT2D eigenvalue weighted by atomic mass is 16.5. The summed E-state index contributed by atoms with van der Waals surface area (Å²) >= 11 is 0. The van der Waals surface area contributed by atoms with E-state index in [2.05, 4.69) is 33.5 Å². The molecule has 2 atom stereocenters. The van der Waals surface area contributed by atoms with Gasteiger partial charge in [0.1, 0.15) is 57.2 Å². The van der Waals surface area contributed by atoms with E-state index < -0.39 is 5.91 Å². The average molecular weight is 885 g/mol. The molecule has 4 amide bonds. The Morgan fingerprint density at radius 3 is 2.14 bits per heavy atom. The van der Waals surface area contributed by atoms with Crippen LogP contribution in [0.4, 0.5) is 17.5 Å². The number of nitrogen functional groups attached to an aromatic ring is 2. The SMILES string of the molecule is C=CC(=O)N1CCC[C@@H](n2nc(-c3ccc(Oc4ccccc4)cc3)c(C(N)=O)c2N)C1.C=CC(=O)N1CCC[C@H]1c1nc(-c2ccc(C(=O)Nc3ccccn3)cc2)c2c(N)nccn12. The molecule has 2 aliphatic rings. The number of carbonyl (C=O) groups excluding carboxylic acids is 4. The van der Waals surface area contributed by atoms with E-state index in [9.17, 15) is 19.2 Å². The van der Waals surface area contributed by atoms with Gasteiger partial charge in [-0.2, -0.15) is 5.10 Å². The highest BCUT2D eigenvalue weighted by molar-refractivity contribution is 6.04. The average Bonchev–Trinajstić information content (AvgIpc) is 4.09. The van der Waals surface area contributed by atoms with E-state index in [4.69, 9.17) is 26.9 Å². The van der Waals surface area contributed by atoms with Crippen molar-refractivity contribution in [2.45, 2.75) is 37.8 Å². The number of imidazole rings is 1. The second-order valence-corrected chi connectivity index (χ2v) is 15.6. The molecule has 6 heterocycles. The third kappa shape index (κ3) is 9.21. The molecular formula is C49H48N12O5. The highest BCUT2D eigenvalue weighted by Gasteiger charge is 2.34. The zero-order valence-electron chi connectivity index (χ0n) is 36.0. The second-order valence-electron chi connectivity index (χ2n) is 15.6. The largest absolute Gasteiger partial charge is 0.457 e. The smallest absolute Gasteiger partial charge is 0.256 e. The van der Waals surface area contributed by atoms with Gasteiger partial charge in [0, 0.05) is 54.9 Å². The molecule has 17 heteroatoms. The molecule has 0 unspecified atom stereocenters. The van der Waals surface area contributed by atoms with Gasteiger partial charge in [-0.3, -0.25) is 23.6 Å². The van der Waals surface area contributed by atoms with Crippen molar-refractivity contribution >= 4 is 46.6 Å². The third-order valence-electron chi connectivity index (χ3n) is 11.5. The number of hydrogen-bond acceptors (Lipinski definition) is 11. The molecule has 7 aromatic rings. The number of nitrogens with one attached hydrogen (secondary N) is 1. The van der Waals surface area contributed by atoms with Gasteiger partial charge in [0.25, 0.3) is 11.8 Å². The first-order valence-electron chi connectivity index (χ1n) is 21.3. The number of nitrogens with zero attached hydrogens (tertiary/aromatic N) is 8. The van der Waals surface area contributed by atoms with Crippen molar-refractivity contribution in [1.82, 2.24) is 38.9 Å². The fourth-order valence-electron chi connectivity index (χ4n) is 8.30. The summed E-state index contributed by atoms with van der Waals surface area (Å²) in [6, 6.07) is 28.8. The standard InChI is InChI=1S/C25H23N7O2.C24H25N5O3/c1-2-20(33)31-14-5-6-18(31)24-30-21(22-23(26)28-13-15-32(22)24)16-8-10-17(11-9-16)25(34)29-19-7-3-4-12-27-19;1-2-20(30)28-14-6-7-17(15-28)29-23(25)21(24(26)31)22(27-29)16-10-12-19(13-11-16)32-18-8-4-3-5-9-18/h2-4,7-13,15,18H,1,5-6,14H2,(H2,26,28)(H,27,29,34);2-5,8-13,17H,1,6-7,14-15,25H2,(H2,26,31)/t18-;17-/m01/s1. The Morgan fingerprint density at radius 1 is 0.758 bits per heavy atom. The Morgan fingerprint density at radius 2 is 1.44 bits per heavy atom. The molecule has 2 fully saturated rings. The van der Waals surface area contributed by atoms with Crippen LogP contribution in [0.1, 0.15) is 64.3 Å². The van der Waals surface area contributed by atoms with E-state index in [1.165, 1.54) is 12.2 Å². The van der Waals surface area contributed by atoms with Crippen molar-refractivity contribution in [2.24, 2.45) is 5.73 Å². The summed E-state index contributed by atoms with van der Waals surface area (Å²) in [6.07, 6.45) is 10.9. The first kappa shape index (κ1) is 44.0. The summed E-state index contributed by atoms with van der Waals surface area (Å²) in [5.74, 6) is 1.97.